The van der Waals surface area contributed by atoms with Crippen molar-refractivity contribution in [2.75, 3.05) is 20.3 Å². The number of carbonyl (C=O) groups excluding carboxylic acids is 1. The summed E-state index contributed by atoms with van der Waals surface area (Å²) in [7, 11) is 1.83. The molecule has 0 radical (unpaired) electrons. The largest absolute Gasteiger partial charge is 0.464 e. The van der Waals surface area contributed by atoms with E-state index in [4.69, 9.17) is 13.9 Å². The van der Waals surface area contributed by atoms with Crippen molar-refractivity contribution in [3.8, 4) is 0 Å². The molecule has 34 heavy (non-hydrogen) atoms. The molecule has 0 bridgehead atoms. The molecule has 2 heterocycles. The minimum Gasteiger partial charge on any atom is -0.464 e. The first-order valence-corrected chi connectivity index (χ1v) is 12.4. The number of benzene rings is 1. The van der Waals surface area contributed by atoms with Crippen molar-refractivity contribution in [3.63, 3.8) is 0 Å². The van der Waals surface area contributed by atoms with E-state index in [2.05, 4.69) is 0 Å². The van der Waals surface area contributed by atoms with Crippen LogP contribution in [0.1, 0.15) is 63.4 Å². The van der Waals surface area contributed by atoms with Gasteiger partial charge in [-0.05, 0) is 50.8 Å². The van der Waals surface area contributed by atoms with Gasteiger partial charge in [0.1, 0.15) is 5.58 Å². The van der Waals surface area contributed by atoms with Gasteiger partial charge in [0.2, 0.25) is 6.29 Å². The Balaban J connectivity index is 1.75. The number of allylic oxidation sites excluding steroid dienone is 1. The predicted molar refractivity (Wildman–Crippen MR) is 129 cm³/mol. The lowest BCUT2D eigenvalue weighted by atomic mass is 9.80. The molecule has 1 aliphatic heterocycles. The van der Waals surface area contributed by atoms with E-state index in [1.165, 1.54) is 12.7 Å². The Bertz CT molecular complexity index is 1070. The molecule has 1 aliphatic carbocycles. The average Bonchev–Trinajstić information content (AvgIpc) is 2.88. The molecule has 0 spiro atoms. The van der Waals surface area contributed by atoms with Gasteiger partial charge in [0.05, 0.1) is 11.6 Å². The fourth-order valence-corrected chi connectivity index (χ4v) is 5.25. The Morgan fingerprint density at radius 1 is 1.21 bits per heavy atom. The van der Waals surface area contributed by atoms with Crippen LogP contribution in [-0.2, 0) is 14.3 Å². The molecular weight excluding hydrogens is 434 g/mol. The molecule has 2 aromatic rings. The van der Waals surface area contributed by atoms with Crippen molar-refractivity contribution in [1.82, 2.24) is 4.90 Å². The monoisotopic (exact) mass is 469 g/mol. The lowest BCUT2D eigenvalue weighted by Gasteiger charge is -2.38. The number of fused-ring (bicyclic) bond motifs is 1. The predicted octanol–water partition coefficient (Wildman–Crippen LogP) is 4.33. The van der Waals surface area contributed by atoms with Gasteiger partial charge in [-0.15, -0.1) is 0 Å². The van der Waals surface area contributed by atoms with Crippen LogP contribution in [0.3, 0.4) is 0 Å². The van der Waals surface area contributed by atoms with E-state index in [1.807, 2.05) is 26.1 Å². The third-order valence-electron chi connectivity index (χ3n) is 7.13. The molecule has 1 aromatic carbocycles. The molecule has 4 rings (SSSR count). The molecule has 1 N–H and O–H groups in total. The maximum atomic E-state index is 13.5. The number of nitrogens with zero attached hydrogens (tertiary/aromatic N) is 1. The summed E-state index contributed by atoms with van der Waals surface area (Å²) in [6.45, 7) is 2.30. The number of ether oxygens (including phenoxy) is 2. The number of aliphatic hydroxyl groups is 1. The summed E-state index contributed by atoms with van der Waals surface area (Å²) in [5.74, 6) is -0.652. The zero-order valence-electron chi connectivity index (χ0n) is 20.1. The number of para-hydroxylation sites is 1. The van der Waals surface area contributed by atoms with Crippen molar-refractivity contribution >= 4 is 16.9 Å². The van der Waals surface area contributed by atoms with Crippen LogP contribution in [0.5, 0.6) is 0 Å². The molecule has 1 saturated carbocycles. The highest BCUT2D eigenvalue weighted by molar-refractivity contribution is 5.92. The number of rotatable bonds is 8. The second kappa shape index (κ2) is 11.2. The molecule has 1 aromatic heterocycles. The molecule has 7 nitrogen and oxygen atoms in total. The number of hydrogen-bond acceptors (Lipinski definition) is 6. The third kappa shape index (κ3) is 5.05. The number of hydrogen-bond donors (Lipinski definition) is 1. The lowest BCUT2D eigenvalue weighted by molar-refractivity contribution is -0.171. The maximum absolute atomic E-state index is 13.5. The van der Waals surface area contributed by atoms with Gasteiger partial charge in [-0.2, -0.15) is 0 Å². The number of likely N-dealkylation sites (N-methyl/N-ethyl adjacent to an activating group) is 1. The van der Waals surface area contributed by atoms with Crippen LogP contribution in [0.25, 0.3) is 11.0 Å². The fraction of sp³-hybridized carbons (Fsp3) is 0.556. The van der Waals surface area contributed by atoms with Crippen LogP contribution >= 0.6 is 0 Å². The van der Waals surface area contributed by atoms with E-state index < -0.39 is 12.2 Å². The molecule has 7 heteroatoms. The molecule has 2 aliphatic rings. The average molecular weight is 470 g/mol. The molecule has 184 valence electrons. The van der Waals surface area contributed by atoms with Crippen LogP contribution in [0.4, 0.5) is 0 Å². The van der Waals surface area contributed by atoms with E-state index in [0.717, 1.165) is 25.7 Å². The number of carbonyl (C=O) groups is 1. The van der Waals surface area contributed by atoms with Gasteiger partial charge >= 0.3 is 0 Å². The van der Waals surface area contributed by atoms with E-state index >= 15 is 0 Å². The minimum absolute atomic E-state index is 0.0221. The van der Waals surface area contributed by atoms with Gasteiger partial charge in [0.25, 0.3) is 5.91 Å². The van der Waals surface area contributed by atoms with Gasteiger partial charge in [-0.25, -0.2) is 0 Å². The first-order valence-electron chi connectivity index (χ1n) is 12.4. The van der Waals surface area contributed by atoms with Gasteiger partial charge in [-0.3, -0.25) is 9.59 Å². The highest BCUT2D eigenvalue weighted by Crippen LogP contribution is 2.39. The van der Waals surface area contributed by atoms with E-state index in [9.17, 15) is 14.7 Å². The van der Waals surface area contributed by atoms with Crippen molar-refractivity contribution < 1.29 is 23.8 Å². The van der Waals surface area contributed by atoms with Gasteiger partial charge in [0.15, 0.2) is 11.2 Å². The topological polar surface area (TPSA) is 89.2 Å². The normalized spacial score (nSPS) is 23.4. The summed E-state index contributed by atoms with van der Waals surface area (Å²) in [6, 6.07) is 7.34. The zero-order valence-corrected chi connectivity index (χ0v) is 20.1. The summed E-state index contributed by atoms with van der Waals surface area (Å²) in [6.07, 6.45) is 9.09. The van der Waals surface area contributed by atoms with E-state index in [1.54, 1.807) is 23.1 Å². The van der Waals surface area contributed by atoms with E-state index in [0.29, 0.717) is 36.0 Å². The summed E-state index contributed by atoms with van der Waals surface area (Å²) in [5, 5.41) is 9.99. The zero-order chi connectivity index (χ0) is 24.1. The highest BCUT2D eigenvalue weighted by Gasteiger charge is 2.40. The Labute approximate surface area is 200 Å². The first-order chi connectivity index (χ1) is 16.5. The van der Waals surface area contributed by atoms with Gasteiger partial charge in [-0.1, -0.05) is 31.4 Å². The molecule has 3 atom stereocenters. The molecule has 1 fully saturated rings. The van der Waals surface area contributed by atoms with E-state index in [-0.39, 0.29) is 35.7 Å². The smallest absolute Gasteiger partial charge is 0.288 e. The fourth-order valence-electron chi connectivity index (χ4n) is 5.25. The molecule has 0 unspecified atom stereocenters. The van der Waals surface area contributed by atoms with Crippen molar-refractivity contribution in [3.05, 3.63) is 58.2 Å². The van der Waals surface area contributed by atoms with Crippen molar-refractivity contribution in [2.24, 2.45) is 5.92 Å². The standard InChI is InChI=1S/C27H35NO6/c1-3-32-27-19(13-9-15-29)21(22-17-33-23-14-8-7-12-20(23)25(22)30)16-24(34-27)26(31)28(2)18-10-5-4-6-11-18/h7-8,12,14,16-19,21,27,29H,3-6,9-11,13,15H2,1-2H3/t19-,21+,27-/m0/s1. The van der Waals surface area contributed by atoms with Crippen molar-refractivity contribution in [1.29, 1.82) is 0 Å². The summed E-state index contributed by atoms with van der Waals surface area (Å²) < 4.78 is 17.9. The minimum atomic E-state index is -0.698. The lowest BCUT2D eigenvalue weighted by Crippen LogP contribution is -2.43. The second-order valence-corrected chi connectivity index (χ2v) is 9.25. The summed E-state index contributed by atoms with van der Waals surface area (Å²) >= 11 is 0. The second-order valence-electron chi connectivity index (χ2n) is 9.25. The summed E-state index contributed by atoms with van der Waals surface area (Å²) in [4.78, 5) is 28.7. The highest BCUT2D eigenvalue weighted by atomic mass is 16.7. The Hall–Kier alpha value is -2.64. The van der Waals surface area contributed by atoms with Gasteiger partial charge in [0, 0.05) is 43.7 Å². The van der Waals surface area contributed by atoms with Crippen LogP contribution in [0, 0.1) is 5.92 Å². The third-order valence-corrected chi connectivity index (χ3v) is 7.13. The molecule has 0 saturated heterocycles. The maximum Gasteiger partial charge on any atom is 0.288 e. The van der Waals surface area contributed by atoms with Crippen LogP contribution in [0.15, 0.2) is 51.6 Å². The van der Waals surface area contributed by atoms with Gasteiger partial charge < -0.3 is 23.9 Å². The Morgan fingerprint density at radius 3 is 2.71 bits per heavy atom. The summed E-state index contributed by atoms with van der Waals surface area (Å²) in [5.41, 5.74) is 0.871. The molecule has 1 amide bonds. The first kappa shape index (κ1) is 24.5. The number of aliphatic hydroxyl groups excluding tert-OH is 1. The van der Waals surface area contributed by atoms with Crippen molar-refractivity contribution in [2.45, 2.75) is 70.1 Å². The van der Waals surface area contributed by atoms with Crippen LogP contribution < -0.4 is 5.43 Å². The quantitative estimate of drug-likeness (QED) is 0.619. The Morgan fingerprint density at radius 2 is 1.97 bits per heavy atom. The number of amides is 1. The van der Waals surface area contributed by atoms with Crippen LogP contribution in [-0.4, -0.2) is 48.5 Å². The Kier molecular flexibility index (Phi) is 8.06. The molecular formula is C27H35NO6. The van der Waals surface area contributed by atoms with Crippen LogP contribution in [0.2, 0.25) is 0 Å². The SMILES string of the molecule is CCO[C@H]1OC(C(=O)N(C)C2CCCCC2)=C[C@@H](c2coc3ccccc3c2=O)[C@@H]1CCCO.